The lowest BCUT2D eigenvalue weighted by Crippen LogP contribution is -2.32. The van der Waals surface area contributed by atoms with Gasteiger partial charge in [-0.25, -0.2) is 0 Å². The summed E-state index contributed by atoms with van der Waals surface area (Å²) in [5.41, 5.74) is 1.10. The Hall–Kier alpha value is -2.26. The Morgan fingerprint density at radius 2 is 1.66 bits per heavy atom. The SMILES string of the molecule is CC(C)C([N-]CC(=O)c1ccccc1)C(=O)Oc1ccccc1CC(=O)OCI. The van der Waals surface area contributed by atoms with Gasteiger partial charge in [0.05, 0.1) is 6.42 Å². The van der Waals surface area contributed by atoms with Crippen molar-refractivity contribution in [2.24, 2.45) is 5.92 Å². The fraction of sp³-hybridized carbons (Fsp3) is 0.318. The highest BCUT2D eigenvalue weighted by Crippen LogP contribution is 2.22. The van der Waals surface area contributed by atoms with Crippen molar-refractivity contribution in [2.75, 3.05) is 11.2 Å². The number of carbonyl (C=O) groups is 3. The molecule has 0 aromatic heterocycles. The molecule has 0 heterocycles. The van der Waals surface area contributed by atoms with Crippen molar-refractivity contribution < 1.29 is 23.9 Å². The van der Waals surface area contributed by atoms with Gasteiger partial charge in [-0.1, -0.05) is 74.8 Å². The first-order chi connectivity index (χ1) is 13.9. The molecule has 2 aromatic carbocycles. The van der Waals surface area contributed by atoms with Crippen LogP contribution in [0.15, 0.2) is 54.6 Å². The summed E-state index contributed by atoms with van der Waals surface area (Å²) in [7, 11) is 0. The highest BCUT2D eigenvalue weighted by Gasteiger charge is 2.19. The monoisotopic (exact) mass is 508 g/mol. The molecule has 7 heteroatoms. The molecule has 0 spiro atoms. The van der Waals surface area contributed by atoms with E-state index in [0.29, 0.717) is 11.1 Å². The van der Waals surface area contributed by atoms with Crippen LogP contribution in [0.4, 0.5) is 0 Å². The number of carbonyl (C=O) groups excluding carboxylic acids is 3. The summed E-state index contributed by atoms with van der Waals surface area (Å²) in [6.45, 7) is 3.57. The zero-order chi connectivity index (χ0) is 21.2. The zero-order valence-corrected chi connectivity index (χ0v) is 18.5. The van der Waals surface area contributed by atoms with Crippen LogP contribution in [0.3, 0.4) is 0 Å². The molecule has 0 amide bonds. The highest BCUT2D eigenvalue weighted by molar-refractivity contribution is 14.1. The third-order valence-corrected chi connectivity index (χ3v) is 4.45. The third kappa shape index (κ3) is 7.25. The second-order valence-electron chi connectivity index (χ2n) is 6.65. The third-order valence-electron chi connectivity index (χ3n) is 4.13. The summed E-state index contributed by atoms with van der Waals surface area (Å²) in [5, 5.41) is 4.30. The lowest BCUT2D eigenvalue weighted by Gasteiger charge is -2.32. The van der Waals surface area contributed by atoms with E-state index in [-0.39, 0.29) is 35.0 Å². The Bertz CT molecular complexity index is 838. The Labute approximate surface area is 184 Å². The van der Waals surface area contributed by atoms with Crippen molar-refractivity contribution in [3.8, 4) is 5.75 Å². The number of rotatable bonds is 10. The van der Waals surface area contributed by atoms with Crippen molar-refractivity contribution in [1.82, 2.24) is 0 Å². The average Bonchev–Trinajstić information content (AvgIpc) is 2.70. The van der Waals surface area contributed by atoms with Gasteiger partial charge in [0.25, 0.3) is 5.97 Å². The van der Waals surface area contributed by atoms with E-state index in [1.807, 2.05) is 42.5 Å². The number of para-hydroxylation sites is 1. The maximum Gasteiger partial charge on any atom is 0.311 e. The number of halogens is 1. The molecule has 2 aromatic rings. The Morgan fingerprint density at radius 3 is 2.31 bits per heavy atom. The first-order valence-electron chi connectivity index (χ1n) is 9.18. The molecule has 154 valence electrons. The predicted molar refractivity (Wildman–Crippen MR) is 118 cm³/mol. The van der Waals surface area contributed by atoms with E-state index in [1.165, 1.54) is 0 Å². The molecule has 29 heavy (non-hydrogen) atoms. The number of ether oxygens (including phenoxy) is 2. The first-order valence-corrected chi connectivity index (χ1v) is 10.7. The Balaban J connectivity index is 2.04. The van der Waals surface area contributed by atoms with Crippen LogP contribution in [0, 0.1) is 5.92 Å². The first kappa shape index (κ1) is 23.0. The molecule has 0 bridgehead atoms. The second-order valence-corrected chi connectivity index (χ2v) is 7.27. The number of ketones is 1. The number of hydrogen-bond donors (Lipinski definition) is 0. The molecule has 0 radical (unpaired) electrons. The minimum absolute atomic E-state index is 0.00242. The smallest absolute Gasteiger partial charge is 0.311 e. The number of esters is 2. The van der Waals surface area contributed by atoms with Crippen LogP contribution in [0.25, 0.3) is 5.32 Å². The number of nitrogens with zero attached hydrogens (tertiary/aromatic N) is 1. The van der Waals surface area contributed by atoms with E-state index in [0.717, 1.165) is 0 Å². The molecule has 0 saturated carbocycles. The van der Waals surface area contributed by atoms with E-state index in [2.05, 4.69) is 5.32 Å². The van der Waals surface area contributed by atoms with Crippen LogP contribution in [-0.2, 0) is 20.7 Å². The van der Waals surface area contributed by atoms with Gasteiger partial charge in [-0.2, -0.15) is 0 Å². The van der Waals surface area contributed by atoms with Crippen molar-refractivity contribution in [1.29, 1.82) is 0 Å². The van der Waals surface area contributed by atoms with Crippen molar-refractivity contribution in [2.45, 2.75) is 26.3 Å². The van der Waals surface area contributed by atoms with Crippen LogP contribution in [-0.4, -0.2) is 34.9 Å². The number of benzene rings is 2. The predicted octanol–water partition coefficient (Wildman–Crippen LogP) is 4.35. The molecule has 1 atom stereocenters. The fourth-order valence-electron chi connectivity index (χ4n) is 2.64. The van der Waals surface area contributed by atoms with E-state index >= 15 is 0 Å². The molecular weight excluding hydrogens is 485 g/mol. The lowest BCUT2D eigenvalue weighted by atomic mass is 10.0. The molecule has 0 aliphatic carbocycles. The maximum absolute atomic E-state index is 12.7. The normalized spacial score (nSPS) is 11.7. The largest absolute Gasteiger partial charge is 0.644 e. The van der Waals surface area contributed by atoms with Gasteiger partial charge in [-0.15, -0.1) is 0 Å². The van der Waals surface area contributed by atoms with E-state index in [1.54, 1.807) is 48.5 Å². The van der Waals surface area contributed by atoms with Crippen LogP contribution < -0.4 is 4.74 Å². The summed E-state index contributed by atoms with van der Waals surface area (Å²) >= 11 is 1.94. The van der Waals surface area contributed by atoms with Gasteiger partial charge in [0.15, 0.2) is 0 Å². The standard InChI is InChI=1S/C22H23INO5/c1-15(2)21(24-13-18(25)16-8-4-3-5-9-16)22(27)29-19-11-7-6-10-17(19)12-20(26)28-14-23/h3-11,15,21H,12-14H2,1-2H3/q-1. The summed E-state index contributed by atoms with van der Waals surface area (Å²) in [5.74, 6) is -0.983. The van der Waals surface area contributed by atoms with Gasteiger partial charge < -0.3 is 14.8 Å². The molecule has 6 nitrogen and oxygen atoms in total. The zero-order valence-electron chi connectivity index (χ0n) is 16.3. The maximum atomic E-state index is 12.7. The minimum Gasteiger partial charge on any atom is -0.644 e. The molecular formula is C22H23INO5-. The molecule has 0 aliphatic rings. The van der Waals surface area contributed by atoms with E-state index in [9.17, 15) is 14.4 Å². The Kier molecular flexibility index (Phi) is 9.27. The minimum atomic E-state index is -0.794. The van der Waals surface area contributed by atoms with Crippen molar-refractivity contribution in [3.63, 3.8) is 0 Å². The van der Waals surface area contributed by atoms with Gasteiger partial charge in [0.1, 0.15) is 16.1 Å². The summed E-state index contributed by atoms with van der Waals surface area (Å²) in [4.78, 5) is 36.8. The molecule has 0 saturated heterocycles. The van der Waals surface area contributed by atoms with E-state index < -0.39 is 18.0 Å². The molecule has 2 rings (SSSR count). The van der Waals surface area contributed by atoms with Crippen molar-refractivity contribution >= 4 is 40.3 Å². The second kappa shape index (κ2) is 11.7. The number of alkyl halides is 1. The number of hydrogen-bond acceptors (Lipinski definition) is 5. The van der Waals surface area contributed by atoms with Crippen LogP contribution in [0.1, 0.15) is 29.8 Å². The average molecular weight is 508 g/mol. The summed E-state index contributed by atoms with van der Waals surface area (Å²) < 4.78 is 10.7. The van der Waals surface area contributed by atoms with Crippen LogP contribution >= 0.6 is 22.6 Å². The summed E-state index contributed by atoms with van der Waals surface area (Å²) in [6, 6.07) is 14.8. The number of Topliss-reactive ketones (excluding diaryl/α,β-unsaturated/α-hetero) is 1. The van der Waals surface area contributed by atoms with Crippen LogP contribution in [0.2, 0.25) is 0 Å². The van der Waals surface area contributed by atoms with Gasteiger partial charge in [-0.3, -0.25) is 14.4 Å². The lowest BCUT2D eigenvalue weighted by molar-refractivity contribution is -0.140. The Morgan fingerprint density at radius 1 is 1.00 bits per heavy atom. The van der Waals surface area contributed by atoms with Crippen molar-refractivity contribution in [3.05, 3.63) is 71.0 Å². The molecule has 1 unspecified atom stereocenters. The van der Waals surface area contributed by atoms with Crippen LogP contribution in [0.5, 0.6) is 5.75 Å². The molecule has 0 N–H and O–H groups in total. The van der Waals surface area contributed by atoms with Gasteiger partial charge >= 0.3 is 5.97 Å². The summed E-state index contributed by atoms with van der Waals surface area (Å²) in [6.07, 6.45) is 0.00242. The van der Waals surface area contributed by atoms with Gasteiger partial charge in [0.2, 0.25) is 0 Å². The molecule has 0 aliphatic heterocycles. The van der Waals surface area contributed by atoms with E-state index in [4.69, 9.17) is 9.47 Å². The fourth-order valence-corrected chi connectivity index (χ4v) is 2.99. The molecule has 0 fully saturated rings. The van der Waals surface area contributed by atoms with Gasteiger partial charge in [-0.05, 0) is 34.7 Å². The topological polar surface area (TPSA) is 83.8 Å². The highest BCUT2D eigenvalue weighted by atomic mass is 127. The van der Waals surface area contributed by atoms with Gasteiger partial charge in [0, 0.05) is 11.1 Å². The quantitative estimate of drug-likeness (QED) is 0.157.